The molecule has 9 nitrogen and oxygen atoms in total. The molecule has 0 unspecified atom stereocenters. The SMILES string of the molecule is CC/C=C1\Nc2ncnn2[C@H](c2cccc([N+](=O)[O-])c2)[C@H]1C(=O)OCC. The highest BCUT2D eigenvalue weighted by molar-refractivity contribution is 5.79. The number of nitrogens with zero attached hydrogens (tertiary/aromatic N) is 4. The van der Waals surface area contributed by atoms with Crippen LogP contribution in [-0.4, -0.2) is 32.3 Å². The maximum atomic E-state index is 12.7. The van der Waals surface area contributed by atoms with E-state index in [1.807, 2.05) is 13.0 Å². The summed E-state index contributed by atoms with van der Waals surface area (Å²) in [5, 5.41) is 18.5. The van der Waals surface area contributed by atoms with Gasteiger partial charge in [-0.1, -0.05) is 25.1 Å². The predicted molar refractivity (Wildman–Crippen MR) is 93.4 cm³/mol. The number of nitro groups is 1. The molecule has 2 heterocycles. The molecule has 9 heteroatoms. The van der Waals surface area contributed by atoms with E-state index in [9.17, 15) is 14.9 Å². The quantitative estimate of drug-likeness (QED) is 0.497. The summed E-state index contributed by atoms with van der Waals surface area (Å²) in [6, 6.07) is 5.61. The van der Waals surface area contributed by atoms with Crippen LogP contribution in [0.1, 0.15) is 31.9 Å². The molecule has 0 bridgehead atoms. The van der Waals surface area contributed by atoms with E-state index in [4.69, 9.17) is 4.74 Å². The lowest BCUT2D eigenvalue weighted by Crippen LogP contribution is -2.38. The predicted octanol–water partition coefficient (Wildman–Crippen LogP) is 2.67. The number of benzene rings is 1. The Morgan fingerprint density at radius 3 is 2.96 bits per heavy atom. The number of nitro benzene ring substituents is 1. The molecule has 0 saturated heterocycles. The summed E-state index contributed by atoms with van der Waals surface area (Å²) in [7, 11) is 0. The summed E-state index contributed by atoms with van der Waals surface area (Å²) >= 11 is 0. The van der Waals surface area contributed by atoms with E-state index in [-0.39, 0.29) is 12.3 Å². The molecule has 1 aromatic heterocycles. The Morgan fingerprint density at radius 1 is 1.46 bits per heavy atom. The number of allylic oxidation sites excluding steroid dienone is 1. The Bertz CT molecular complexity index is 860. The van der Waals surface area contributed by atoms with Gasteiger partial charge in [0, 0.05) is 17.8 Å². The fraction of sp³-hybridized carbons (Fsp3) is 0.353. The maximum absolute atomic E-state index is 12.7. The first-order valence-corrected chi connectivity index (χ1v) is 8.34. The van der Waals surface area contributed by atoms with Gasteiger partial charge in [0.05, 0.1) is 17.6 Å². The molecular formula is C17H19N5O4. The molecule has 1 aromatic carbocycles. The molecule has 0 aliphatic carbocycles. The highest BCUT2D eigenvalue weighted by Crippen LogP contribution is 2.39. The number of hydrogen-bond acceptors (Lipinski definition) is 7. The third kappa shape index (κ3) is 3.15. The summed E-state index contributed by atoms with van der Waals surface area (Å²) < 4.78 is 6.83. The zero-order valence-electron chi connectivity index (χ0n) is 14.5. The fourth-order valence-electron chi connectivity index (χ4n) is 3.10. The number of nitrogens with one attached hydrogen (secondary N) is 1. The molecule has 136 valence electrons. The summed E-state index contributed by atoms with van der Waals surface area (Å²) in [5.74, 6) is -0.648. The van der Waals surface area contributed by atoms with Gasteiger partial charge in [0.2, 0.25) is 5.95 Å². The molecule has 26 heavy (non-hydrogen) atoms. The Balaban J connectivity index is 2.17. The second kappa shape index (κ2) is 7.34. The first-order valence-electron chi connectivity index (χ1n) is 8.34. The zero-order valence-corrected chi connectivity index (χ0v) is 14.5. The Kier molecular flexibility index (Phi) is 4.97. The average Bonchev–Trinajstić information content (AvgIpc) is 3.09. The molecule has 0 amide bonds. The van der Waals surface area contributed by atoms with Gasteiger partial charge in [0.15, 0.2) is 0 Å². The van der Waals surface area contributed by atoms with Crippen LogP contribution >= 0.6 is 0 Å². The van der Waals surface area contributed by atoms with Crippen molar-refractivity contribution in [3.8, 4) is 0 Å². The van der Waals surface area contributed by atoms with Crippen molar-refractivity contribution in [3.63, 3.8) is 0 Å². The lowest BCUT2D eigenvalue weighted by molar-refractivity contribution is -0.384. The molecule has 0 fully saturated rings. The molecule has 0 radical (unpaired) electrons. The van der Waals surface area contributed by atoms with E-state index >= 15 is 0 Å². The van der Waals surface area contributed by atoms with Gasteiger partial charge < -0.3 is 10.1 Å². The number of rotatable bonds is 5. The normalized spacial score (nSPS) is 20.3. The smallest absolute Gasteiger partial charge is 0.317 e. The average molecular weight is 357 g/mol. The van der Waals surface area contributed by atoms with Crippen molar-refractivity contribution in [2.75, 3.05) is 11.9 Å². The summed E-state index contributed by atoms with van der Waals surface area (Å²) in [6.07, 6.45) is 3.97. The number of fused-ring (bicyclic) bond motifs is 1. The number of aromatic nitrogens is 3. The van der Waals surface area contributed by atoms with Crippen molar-refractivity contribution >= 4 is 17.6 Å². The van der Waals surface area contributed by atoms with E-state index in [1.54, 1.807) is 23.7 Å². The lowest BCUT2D eigenvalue weighted by atomic mass is 9.88. The van der Waals surface area contributed by atoms with Crippen LogP contribution in [0.2, 0.25) is 0 Å². The van der Waals surface area contributed by atoms with Crippen LogP contribution in [0, 0.1) is 16.0 Å². The van der Waals surface area contributed by atoms with Crippen LogP contribution in [-0.2, 0) is 9.53 Å². The zero-order chi connectivity index (χ0) is 18.7. The summed E-state index contributed by atoms with van der Waals surface area (Å²) in [5.41, 5.74) is 1.20. The minimum atomic E-state index is -0.703. The number of ether oxygens (including phenoxy) is 1. The van der Waals surface area contributed by atoms with Crippen molar-refractivity contribution in [2.24, 2.45) is 5.92 Å². The number of esters is 1. The van der Waals surface area contributed by atoms with Gasteiger partial charge in [-0.05, 0) is 18.9 Å². The van der Waals surface area contributed by atoms with E-state index < -0.39 is 22.9 Å². The van der Waals surface area contributed by atoms with Crippen LogP contribution in [0.3, 0.4) is 0 Å². The standard InChI is InChI=1S/C17H19N5O4/c1-3-6-13-14(16(23)26-4-2)15(21-17(20-13)18-10-19-21)11-7-5-8-12(9-11)22(24)25/h5-10,14-15H,3-4H2,1-2H3,(H,18,19,20)/b13-6-/t14-,15+/m0/s1. The Labute approximate surface area is 149 Å². The third-order valence-electron chi connectivity index (χ3n) is 4.13. The van der Waals surface area contributed by atoms with Crippen molar-refractivity contribution in [2.45, 2.75) is 26.3 Å². The fourth-order valence-corrected chi connectivity index (χ4v) is 3.10. The van der Waals surface area contributed by atoms with E-state index in [0.29, 0.717) is 23.6 Å². The molecule has 1 aliphatic rings. The van der Waals surface area contributed by atoms with Crippen molar-refractivity contribution < 1.29 is 14.5 Å². The topological polar surface area (TPSA) is 112 Å². The molecular weight excluding hydrogens is 338 g/mol. The van der Waals surface area contributed by atoms with Crippen LogP contribution in [0.4, 0.5) is 11.6 Å². The van der Waals surface area contributed by atoms with E-state index in [2.05, 4.69) is 15.4 Å². The Hall–Kier alpha value is -3.23. The van der Waals surface area contributed by atoms with Crippen LogP contribution < -0.4 is 5.32 Å². The molecule has 1 N–H and O–H groups in total. The van der Waals surface area contributed by atoms with Gasteiger partial charge in [0.25, 0.3) is 5.69 Å². The van der Waals surface area contributed by atoms with E-state index in [1.165, 1.54) is 18.5 Å². The van der Waals surface area contributed by atoms with Gasteiger partial charge in [-0.15, -0.1) is 0 Å². The number of hydrogen-bond donors (Lipinski definition) is 1. The van der Waals surface area contributed by atoms with Crippen molar-refractivity contribution in [1.82, 2.24) is 14.8 Å². The largest absolute Gasteiger partial charge is 0.465 e. The molecule has 0 saturated carbocycles. The lowest BCUT2D eigenvalue weighted by Gasteiger charge is -2.33. The number of carbonyl (C=O) groups excluding carboxylic acids is 1. The first kappa shape index (κ1) is 17.6. The minimum absolute atomic E-state index is 0.0497. The van der Waals surface area contributed by atoms with Crippen molar-refractivity contribution in [1.29, 1.82) is 0 Å². The van der Waals surface area contributed by atoms with Crippen LogP contribution in [0.15, 0.2) is 42.4 Å². The van der Waals surface area contributed by atoms with Gasteiger partial charge in [-0.2, -0.15) is 10.1 Å². The van der Waals surface area contributed by atoms with E-state index in [0.717, 1.165) is 0 Å². The summed E-state index contributed by atoms with van der Waals surface area (Å²) in [6.45, 7) is 3.93. The molecule has 2 aromatic rings. The van der Waals surface area contributed by atoms with Crippen LogP contribution in [0.5, 0.6) is 0 Å². The third-order valence-corrected chi connectivity index (χ3v) is 4.13. The minimum Gasteiger partial charge on any atom is -0.465 e. The van der Waals surface area contributed by atoms with Crippen molar-refractivity contribution in [3.05, 3.63) is 58.0 Å². The van der Waals surface area contributed by atoms with Gasteiger partial charge in [-0.3, -0.25) is 14.9 Å². The van der Waals surface area contributed by atoms with Gasteiger partial charge >= 0.3 is 5.97 Å². The maximum Gasteiger partial charge on any atom is 0.317 e. The molecule has 2 atom stereocenters. The van der Waals surface area contributed by atoms with Gasteiger partial charge in [-0.25, -0.2) is 4.68 Å². The Morgan fingerprint density at radius 2 is 2.27 bits per heavy atom. The number of carbonyl (C=O) groups is 1. The number of anilines is 1. The second-order valence-corrected chi connectivity index (χ2v) is 5.75. The van der Waals surface area contributed by atoms with Gasteiger partial charge in [0.1, 0.15) is 12.2 Å². The first-order chi connectivity index (χ1) is 12.6. The molecule has 1 aliphatic heterocycles. The van der Waals surface area contributed by atoms with Crippen LogP contribution in [0.25, 0.3) is 0 Å². The molecule has 3 rings (SSSR count). The molecule has 0 spiro atoms. The monoisotopic (exact) mass is 357 g/mol. The summed E-state index contributed by atoms with van der Waals surface area (Å²) in [4.78, 5) is 27.6. The second-order valence-electron chi connectivity index (χ2n) is 5.75. The highest BCUT2D eigenvalue weighted by Gasteiger charge is 2.41. The number of non-ortho nitro benzene ring substituents is 1. The highest BCUT2D eigenvalue weighted by atomic mass is 16.6.